The highest BCUT2D eigenvalue weighted by Crippen LogP contribution is 2.49. The first kappa shape index (κ1) is 9.80. The maximum absolute atomic E-state index is 10.4. The zero-order valence-corrected chi connectivity index (χ0v) is 8.94. The van der Waals surface area contributed by atoms with Crippen molar-refractivity contribution < 1.29 is 13.0 Å². The minimum atomic E-state index is -4.02. The molecule has 0 spiro atoms. The quantitative estimate of drug-likeness (QED) is 0.676. The van der Waals surface area contributed by atoms with Crippen molar-refractivity contribution >= 4 is 21.9 Å². The Morgan fingerprint density at radius 2 is 2.08 bits per heavy atom. The lowest BCUT2D eigenvalue weighted by molar-refractivity contribution is 0.467. The molecular formula is C8H13O3S2-. The highest BCUT2D eigenvalue weighted by molar-refractivity contribution is 8.11. The van der Waals surface area contributed by atoms with E-state index in [0.717, 1.165) is 12.3 Å². The van der Waals surface area contributed by atoms with Crippen LogP contribution in [-0.2, 0) is 10.1 Å². The third kappa shape index (κ3) is 2.39. The molecule has 2 bridgehead atoms. The lowest BCUT2D eigenvalue weighted by Gasteiger charge is -2.21. The molecule has 0 amide bonds. The van der Waals surface area contributed by atoms with E-state index in [-0.39, 0.29) is 5.08 Å². The van der Waals surface area contributed by atoms with Crippen molar-refractivity contribution in [1.82, 2.24) is 0 Å². The zero-order valence-electron chi connectivity index (χ0n) is 7.31. The average Bonchev–Trinajstić information content (AvgIpc) is 2.58. The number of thioether (sulfide) groups is 1. The summed E-state index contributed by atoms with van der Waals surface area (Å²) in [6, 6.07) is 0. The van der Waals surface area contributed by atoms with Crippen LogP contribution in [0.1, 0.15) is 25.7 Å². The molecule has 0 aromatic rings. The Balaban J connectivity index is 1.84. The van der Waals surface area contributed by atoms with Gasteiger partial charge in [0.1, 0.15) is 10.1 Å². The molecule has 2 aliphatic carbocycles. The normalized spacial score (nSPS) is 38.4. The molecule has 0 N–H and O–H groups in total. The second-order valence-corrected chi connectivity index (χ2v) is 7.05. The molecule has 76 valence electrons. The van der Waals surface area contributed by atoms with E-state index in [0.29, 0.717) is 11.2 Å². The number of hydrogen-bond donors (Lipinski definition) is 0. The molecule has 5 heteroatoms. The maximum Gasteiger partial charge on any atom is 0.104 e. The molecule has 2 aliphatic rings. The summed E-state index contributed by atoms with van der Waals surface area (Å²) in [5.41, 5.74) is 0. The van der Waals surface area contributed by atoms with Crippen LogP contribution in [0, 0.1) is 11.8 Å². The van der Waals surface area contributed by atoms with Gasteiger partial charge in [0.05, 0.1) is 5.08 Å². The zero-order chi connectivity index (χ0) is 9.47. The third-order valence-electron chi connectivity index (χ3n) is 3.10. The molecule has 2 saturated carbocycles. The summed E-state index contributed by atoms with van der Waals surface area (Å²) in [7, 11) is -4.02. The summed E-state index contributed by atoms with van der Waals surface area (Å²) >= 11 is 1.35. The van der Waals surface area contributed by atoms with Gasteiger partial charge in [0, 0.05) is 5.25 Å². The maximum atomic E-state index is 10.4. The molecule has 0 aromatic carbocycles. The fraction of sp³-hybridized carbons (Fsp3) is 1.00. The number of hydrogen-bond acceptors (Lipinski definition) is 4. The van der Waals surface area contributed by atoms with Crippen molar-refractivity contribution in [2.24, 2.45) is 11.8 Å². The molecule has 0 heterocycles. The van der Waals surface area contributed by atoms with Gasteiger partial charge in [-0.25, -0.2) is 8.42 Å². The predicted octanol–water partition coefficient (Wildman–Crippen LogP) is 1.41. The molecule has 3 atom stereocenters. The smallest absolute Gasteiger partial charge is 0.104 e. The monoisotopic (exact) mass is 221 g/mol. The van der Waals surface area contributed by atoms with E-state index in [1.54, 1.807) is 0 Å². The van der Waals surface area contributed by atoms with Gasteiger partial charge in [0.25, 0.3) is 0 Å². The van der Waals surface area contributed by atoms with E-state index < -0.39 is 10.1 Å². The first-order chi connectivity index (χ1) is 6.04. The summed E-state index contributed by atoms with van der Waals surface area (Å²) in [5, 5.41) is 0.212. The van der Waals surface area contributed by atoms with E-state index in [1.807, 2.05) is 0 Å². The molecule has 2 fully saturated rings. The van der Waals surface area contributed by atoms with Crippen molar-refractivity contribution in [2.45, 2.75) is 30.9 Å². The minimum absolute atomic E-state index is 0.235. The molecule has 13 heavy (non-hydrogen) atoms. The third-order valence-corrected chi connectivity index (χ3v) is 5.80. The second kappa shape index (κ2) is 3.44. The Bertz CT molecular complexity index is 286. The molecule has 2 rings (SSSR count). The van der Waals surface area contributed by atoms with Crippen LogP contribution in [0.2, 0.25) is 0 Å². The van der Waals surface area contributed by atoms with Crippen LogP contribution in [-0.4, -0.2) is 23.3 Å². The van der Waals surface area contributed by atoms with Crippen LogP contribution in [0.4, 0.5) is 0 Å². The van der Waals surface area contributed by atoms with E-state index in [4.69, 9.17) is 0 Å². The van der Waals surface area contributed by atoms with Gasteiger partial charge in [-0.15, -0.1) is 11.8 Å². The van der Waals surface area contributed by atoms with Crippen molar-refractivity contribution in [1.29, 1.82) is 0 Å². The fourth-order valence-corrected chi connectivity index (χ4v) is 4.85. The highest BCUT2D eigenvalue weighted by Gasteiger charge is 2.39. The van der Waals surface area contributed by atoms with Crippen molar-refractivity contribution in [3.8, 4) is 0 Å². The Morgan fingerprint density at radius 3 is 2.54 bits per heavy atom. The SMILES string of the molecule is O=S(=O)([O-])CSC1CC2CCC1C2. The Morgan fingerprint density at radius 1 is 1.31 bits per heavy atom. The lowest BCUT2D eigenvalue weighted by atomic mass is 10.0. The molecule has 3 nitrogen and oxygen atoms in total. The molecule has 0 aromatic heterocycles. The van der Waals surface area contributed by atoms with Gasteiger partial charge in [-0.1, -0.05) is 6.42 Å². The van der Waals surface area contributed by atoms with E-state index >= 15 is 0 Å². The Labute approximate surface area is 83.0 Å². The molecular weight excluding hydrogens is 208 g/mol. The van der Waals surface area contributed by atoms with Crippen molar-refractivity contribution in [2.75, 3.05) is 5.08 Å². The van der Waals surface area contributed by atoms with Crippen LogP contribution in [0.5, 0.6) is 0 Å². The largest absolute Gasteiger partial charge is 0.747 e. The van der Waals surface area contributed by atoms with Crippen LogP contribution in [0.15, 0.2) is 0 Å². The van der Waals surface area contributed by atoms with Gasteiger partial charge in [0.2, 0.25) is 0 Å². The topological polar surface area (TPSA) is 57.2 Å². The molecule has 0 aliphatic heterocycles. The van der Waals surface area contributed by atoms with E-state index in [9.17, 15) is 13.0 Å². The van der Waals surface area contributed by atoms with Crippen LogP contribution in [0.3, 0.4) is 0 Å². The Kier molecular flexibility index (Phi) is 2.59. The summed E-state index contributed by atoms with van der Waals surface area (Å²) in [5.74, 6) is 1.51. The molecule has 0 radical (unpaired) electrons. The van der Waals surface area contributed by atoms with Gasteiger partial charge < -0.3 is 4.55 Å². The summed E-state index contributed by atoms with van der Waals surface area (Å²) in [6.45, 7) is 0. The molecule has 3 unspecified atom stereocenters. The number of rotatable bonds is 3. The first-order valence-electron chi connectivity index (χ1n) is 4.60. The van der Waals surface area contributed by atoms with Gasteiger partial charge in [0.15, 0.2) is 0 Å². The van der Waals surface area contributed by atoms with Crippen LogP contribution in [0.25, 0.3) is 0 Å². The van der Waals surface area contributed by atoms with Gasteiger partial charge in [-0.05, 0) is 31.1 Å². The van der Waals surface area contributed by atoms with Gasteiger partial charge in [-0.3, -0.25) is 0 Å². The summed E-state index contributed by atoms with van der Waals surface area (Å²) in [6.07, 6.45) is 4.94. The average molecular weight is 221 g/mol. The van der Waals surface area contributed by atoms with E-state index in [1.165, 1.54) is 31.0 Å². The van der Waals surface area contributed by atoms with Crippen molar-refractivity contribution in [3.63, 3.8) is 0 Å². The second-order valence-electron chi connectivity index (χ2n) is 4.06. The Hall–Kier alpha value is 0.260. The number of fused-ring (bicyclic) bond motifs is 2. The summed E-state index contributed by atoms with van der Waals surface area (Å²) in [4.78, 5) is 0. The highest BCUT2D eigenvalue weighted by atomic mass is 32.3. The van der Waals surface area contributed by atoms with Gasteiger partial charge >= 0.3 is 0 Å². The van der Waals surface area contributed by atoms with Gasteiger partial charge in [-0.2, -0.15) is 0 Å². The minimum Gasteiger partial charge on any atom is -0.747 e. The van der Waals surface area contributed by atoms with E-state index in [2.05, 4.69) is 0 Å². The van der Waals surface area contributed by atoms with Crippen LogP contribution >= 0.6 is 11.8 Å². The molecule has 0 saturated heterocycles. The lowest BCUT2D eigenvalue weighted by Crippen LogP contribution is -2.15. The predicted molar refractivity (Wildman–Crippen MR) is 51.4 cm³/mol. The first-order valence-corrected chi connectivity index (χ1v) is 7.22. The fourth-order valence-electron chi connectivity index (χ4n) is 2.56. The van der Waals surface area contributed by atoms with Crippen molar-refractivity contribution in [3.05, 3.63) is 0 Å². The summed E-state index contributed by atoms with van der Waals surface area (Å²) < 4.78 is 31.3. The van der Waals surface area contributed by atoms with Crippen LogP contribution < -0.4 is 0 Å². The standard InChI is InChI=1S/C8H14O3S2/c9-13(10,11)5-12-8-4-6-1-2-7(8)3-6/h6-8H,1-5H2,(H,9,10,11)/p-1.